The van der Waals surface area contributed by atoms with Gasteiger partial charge in [-0.1, -0.05) is 0 Å². The molecule has 0 saturated carbocycles. The van der Waals surface area contributed by atoms with Crippen LogP contribution in [0.1, 0.15) is 10.4 Å². The van der Waals surface area contributed by atoms with Crippen molar-refractivity contribution in [1.29, 1.82) is 0 Å². The van der Waals surface area contributed by atoms with E-state index in [2.05, 4.69) is 0 Å². The molecule has 1 nitrogen and oxygen atoms in total. The summed E-state index contributed by atoms with van der Waals surface area (Å²) in [7, 11) is 0. The zero-order valence-corrected chi connectivity index (χ0v) is 8.74. The highest BCUT2D eigenvalue weighted by Gasteiger charge is 2.60. The molecule has 0 atom stereocenters. The molecule has 19 heavy (non-hydrogen) atoms. The molecule has 0 N–H and O–H groups in total. The molecule has 0 amide bonds. The van der Waals surface area contributed by atoms with Crippen molar-refractivity contribution in [2.24, 2.45) is 5.92 Å². The summed E-state index contributed by atoms with van der Waals surface area (Å²) in [4.78, 5) is 11.2. The molecule has 0 heterocycles. The molecule has 9 heteroatoms. The van der Waals surface area contributed by atoms with Crippen LogP contribution >= 0.6 is 0 Å². The summed E-state index contributed by atoms with van der Waals surface area (Å²) in [5.41, 5.74) is -1.34. The summed E-state index contributed by atoms with van der Waals surface area (Å²) in [5.74, 6) is -9.68. The molecule has 1 aromatic rings. The van der Waals surface area contributed by atoms with E-state index in [9.17, 15) is 39.9 Å². The summed E-state index contributed by atoms with van der Waals surface area (Å²) < 4.78 is 98.7. The first-order valence-electron chi connectivity index (χ1n) is 4.56. The number of carbonyl (C=O) groups excluding carboxylic acids is 1. The van der Waals surface area contributed by atoms with Gasteiger partial charge in [0.05, 0.1) is 0 Å². The fraction of sp³-hybridized carbons (Fsp3) is 0.300. The zero-order chi connectivity index (χ0) is 15.0. The van der Waals surface area contributed by atoms with Crippen LogP contribution in [0.4, 0.5) is 35.1 Å². The summed E-state index contributed by atoms with van der Waals surface area (Å²) >= 11 is 0. The van der Waals surface area contributed by atoms with E-state index in [1.807, 2.05) is 0 Å². The van der Waals surface area contributed by atoms with Gasteiger partial charge in [-0.15, -0.1) is 0 Å². The maximum atomic E-state index is 12.7. The van der Waals surface area contributed by atoms with Crippen LogP contribution in [0, 0.1) is 17.6 Å². The molecule has 0 bridgehead atoms. The third-order valence-electron chi connectivity index (χ3n) is 2.06. The minimum Gasteiger partial charge on any atom is -0.293 e. The summed E-state index contributed by atoms with van der Waals surface area (Å²) in [6.07, 6.45) is -11.8. The molecule has 1 aromatic carbocycles. The highest BCUT2D eigenvalue weighted by Crippen LogP contribution is 2.41. The number of rotatable bonds is 2. The Bertz CT molecular complexity index is 453. The quantitative estimate of drug-likeness (QED) is 0.597. The van der Waals surface area contributed by atoms with E-state index in [1.165, 1.54) is 0 Å². The average molecular weight is 292 g/mol. The standard InChI is InChI=1S/C10H4F8O/c11-5-1-4(2-6(12)3-5)7(19)8(9(13,14)15)10(16,17)18/h1-3,8H. The van der Waals surface area contributed by atoms with Crippen molar-refractivity contribution in [2.45, 2.75) is 12.4 Å². The average Bonchev–Trinajstić information content (AvgIpc) is 2.10. The predicted molar refractivity (Wildman–Crippen MR) is 46.3 cm³/mol. The molecule has 0 radical (unpaired) electrons. The van der Waals surface area contributed by atoms with Crippen LogP contribution in [0.2, 0.25) is 0 Å². The second kappa shape index (κ2) is 4.78. The van der Waals surface area contributed by atoms with E-state index in [1.54, 1.807) is 0 Å². The lowest BCUT2D eigenvalue weighted by Gasteiger charge is -2.21. The van der Waals surface area contributed by atoms with Gasteiger partial charge in [-0.3, -0.25) is 4.79 Å². The molecule has 1 rings (SSSR count). The maximum Gasteiger partial charge on any atom is 0.407 e. The predicted octanol–water partition coefficient (Wildman–Crippen LogP) is 3.89. The van der Waals surface area contributed by atoms with Gasteiger partial charge in [0.1, 0.15) is 11.6 Å². The van der Waals surface area contributed by atoms with E-state index in [4.69, 9.17) is 0 Å². The lowest BCUT2D eigenvalue weighted by molar-refractivity contribution is -0.264. The van der Waals surface area contributed by atoms with Gasteiger partial charge in [-0.2, -0.15) is 26.3 Å². The molecular weight excluding hydrogens is 288 g/mol. The van der Waals surface area contributed by atoms with Crippen LogP contribution in [0.5, 0.6) is 0 Å². The second-order valence-electron chi connectivity index (χ2n) is 3.54. The third-order valence-corrected chi connectivity index (χ3v) is 2.06. The third kappa shape index (κ3) is 3.65. The van der Waals surface area contributed by atoms with Crippen molar-refractivity contribution >= 4 is 5.78 Å². The monoisotopic (exact) mass is 292 g/mol. The fourth-order valence-electron chi connectivity index (χ4n) is 1.35. The van der Waals surface area contributed by atoms with Crippen molar-refractivity contribution in [1.82, 2.24) is 0 Å². The van der Waals surface area contributed by atoms with E-state index in [0.29, 0.717) is 0 Å². The number of halogens is 8. The number of Topliss-reactive ketones (excluding diaryl/α,β-unsaturated/α-hetero) is 1. The van der Waals surface area contributed by atoms with Gasteiger partial charge in [0.25, 0.3) is 0 Å². The smallest absolute Gasteiger partial charge is 0.293 e. The topological polar surface area (TPSA) is 17.1 Å². The Morgan fingerprint density at radius 2 is 1.21 bits per heavy atom. The number of hydrogen-bond donors (Lipinski definition) is 0. The van der Waals surface area contributed by atoms with E-state index >= 15 is 0 Å². The molecule has 0 saturated heterocycles. The largest absolute Gasteiger partial charge is 0.407 e. The first-order chi connectivity index (χ1) is 8.43. The highest BCUT2D eigenvalue weighted by molar-refractivity contribution is 5.98. The Kier molecular flexibility index (Phi) is 3.87. The molecular formula is C10H4F8O. The highest BCUT2D eigenvalue weighted by atomic mass is 19.4. The van der Waals surface area contributed by atoms with Crippen molar-refractivity contribution in [3.05, 3.63) is 35.4 Å². The van der Waals surface area contributed by atoms with Crippen LogP contribution < -0.4 is 0 Å². The zero-order valence-electron chi connectivity index (χ0n) is 8.74. The Morgan fingerprint density at radius 3 is 1.53 bits per heavy atom. The Morgan fingerprint density at radius 1 is 0.842 bits per heavy atom. The van der Waals surface area contributed by atoms with Crippen LogP contribution in [0.25, 0.3) is 0 Å². The molecule has 0 aromatic heterocycles. The number of carbonyl (C=O) groups is 1. The Balaban J connectivity index is 3.28. The van der Waals surface area contributed by atoms with E-state index in [-0.39, 0.29) is 18.2 Å². The van der Waals surface area contributed by atoms with Crippen molar-refractivity contribution in [3.63, 3.8) is 0 Å². The maximum absolute atomic E-state index is 12.7. The summed E-state index contributed by atoms with van der Waals surface area (Å²) in [6.45, 7) is 0. The summed E-state index contributed by atoms with van der Waals surface area (Å²) in [6, 6.07) is 0.429. The van der Waals surface area contributed by atoms with Crippen LogP contribution in [-0.2, 0) is 0 Å². The van der Waals surface area contributed by atoms with Gasteiger partial charge in [-0.05, 0) is 12.1 Å². The summed E-state index contributed by atoms with van der Waals surface area (Å²) in [5, 5.41) is 0. The number of ketones is 1. The first kappa shape index (κ1) is 15.4. The van der Waals surface area contributed by atoms with Gasteiger partial charge >= 0.3 is 12.4 Å². The molecule has 0 aliphatic heterocycles. The normalized spacial score (nSPS) is 12.9. The minimum absolute atomic E-state index is 0.107. The number of alkyl halides is 6. The van der Waals surface area contributed by atoms with E-state index < -0.39 is 41.3 Å². The van der Waals surface area contributed by atoms with Gasteiger partial charge in [0.15, 0.2) is 5.78 Å². The van der Waals surface area contributed by atoms with Crippen LogP contribution in [0.15, 0.2) is 18.2 Å². The molecule has 106 valence electrons. The number of benzene rings is 1. The lowest BCUT2D eigenvalue weighted by Crippen LogP contribution is -2.42. The van der Waals surface area contributed by atoms with Gasteiger partial charge < -0.3 is 0 Å². The van der Waals surface area contributed by atoms with Gasteiger partial charge in [0.2, 0.25) is 5.92 Å². The van der Waals surface area contributed by atoms with Crippen molar-refractivity contribution in [2.75, 3.05) is 0 Å². The SMILES string of the molecule is O=C(c1cc(F)cc(F)c1)C(C(F)(F)F)C(F)(F)F. The molecule has 0 fully saturated rings. The van der Waals surface area contributed by atoms with Crippen LogP contribution in [-0.4, -0.2) is 18.1 Å². The van der Waals surface area contributed by atoms with Crippen molar-refractivity contribution in [3.8, 4) is 0 Å². The van der Waals surface area contributed by atoms with E-state index in [0.717, 1.165) is 0 Å². The van der Waals surface area contributed by atoms with Crippen LogP contribution in [0.3, 0.4) is 0 Å². The van der Waals surface area contributed by atoms with Crippen molar-refractivity contribution < 1.29 is 39.9 Å². The van der Waals surface area contributed by atoms with Gasteiger partial charge in [0, 0.05) is 11.6 Å². The fourth-order valence-corrected chi connectivity index (χ4v) is 1.35. The first-order valence-corrected chi connectivity index (χ1v) is 4.56. The minimum atomic E-state index is -5.90. The van der Waals surface area contributed by atoms with Gasteiger partial charge in [-0.25, -0.2) is 8.78 Å². The number of hydrogen-bond acceptors (Lipinski definition) is 1. The Hall–Kier alpha value is -1.67. The molecule has 0 spiro atoms. The Labute approximate surface area is 100 Å². The lowest BCUT2D eigenvalue weighted by atomic mass is 9.96. The molecule has 0 aliphatic rings. The second-order valence-corrected chi connectivity index (χ2v) is 3.54. The molecule has 0 aliphatic carbocycles. The molecule has 0 unspecified atom stereocenters.